The minimum atomic E-state index is -1.70. The molecule has 12 heteroatoms. The quantitative estimate of drug-likeness (QED) is 0.0460. The molecule has 0 bridgehead atoms. The van der Waals surface area contributed by atoms with E-state index in [1.165, 1.54) is 0 Å². The van der Waals surface area contributed by atoms with Crippen molar-refractivity contribution < 1.29 is 24.7 Å². The molecule has 0 fully saturated rings. The highest BCUT2D eigenvalue weighted by molar-refractivity contribution is 6.43. The number of unbranched alkanes of at least 4 members (excludes halogenated alkanes) is 1. The van der Waals surface area contributed by atoms with Gasteiger partial charge in [0, 0.05) is 25.3 Å². The van der Waals surface area contributed by atoms with Crippen LogP contribution in [0, 0.1) is 27.9 Å². The smallest absolute Gasteiger partial charge is 0.426 e. The van der Waals surface area contributed by atoms with Crippen molar-refractivity contribution in [3.05, 3.63) is 10.1 Å². The second-order valence-corrected chi connectivity index (χ2v) is 9.33. The molecule has 0 aliphatic rings. The molecule has 0 aromatic carbocycles. The molecule has 0 rings (SSSR count). The van der Waals surface area contributed by atoms with Gasteiger partial charge in [-0.2, -0.15) is 0 Å². The Hall–Kier alpha value is -2.21. The third kappa shape index (κ3) is 15.6. The summed E-state index contributed by atoms with van der Waals surface area (Å²) in [6.07, 6.45) is 6.69. The van der Waals surface area contributed by atoms with E-state index in [9.17, 15) is 29.8 Å². The van der Waals surface area contributed by atoms with E-state index in [4.69, 9.17) is 5.73 Å². The van der Waals surface area contributed by atoms with E-state index in [0.717, 1.165) is 32.1 Å². The zero-order chi connectivity index (χ0) is 26.1. The van der Waals surface area contributed by atoms with Crippen molar-refractivity contribution in [3.8, 4) is 0 Å². The highest BCUT2D eigenvalue weighted by atomic mass is 16.7. The van der Waals surface area contributed by atoms with Crippen molar-refractivity contribution >= 4 is 24.8 Å². The Morgan fingerprint density at radius 3 is 2.35 bits per heavy atom. The summed E-state index contributed by atoms with van der Waals surface area (Å²) in [6.45, 7) is 8.23. The van der Waals surface area contributed by atoms with Gasteiger partial charge in [0.2, 0.25) is 5.91 Å². The molecule has 3 atom stereocenters. The van der Waals surface area contributed by atoms with Crippen LogP contribution in [0.1, 0.15) is 91.9 Å². The number of hydrazine groups is 1. The Labute approximate surface area is 203 Å². The van der Waals surface area contributed by atoms with Crippen molar-refractivity contribution in [3.63, 3.8) is 0 Å². The zero-order valence-electron chi connectivity index (χ0n) is 21.2. The molecule has 0 heterocycles. The van der Waals surface area contributed by atoms with E-state index in [-0.39, 0.29) is 30.6 Å². The van der Waals surface area contributed by atoms with Crippen molar-refractivity contribution in [1.82, 2.24) is 10.7 Å². The van der Waals surface area contributed by atoms with Gasteiger partial charge in [0.1, 0.15) is 5.78 Å². The third-order valence-corrected chi connectivity index (χ3v) is 5.83. The van der Waals surface area contributed by atoms with Crippen LogP contribution in [0.4, 0.5) is 0 Å². The zero-order valence-corrected chi connectivity index (χ0v) is 21.2. The van der Waals surface area contributed by atoms with Gasteiger partial charge in [0.15, 0.2) is 5.03 Å². The molecule has 1 amide bonds. The lowest BCUT2D eigenvalue weighted by Crippen LogP contribution is -2.49. The van der Waals surface area contributed by atoms with E-state index in [1.807, 2.05) is 13.8 Å². The fourth-order valence-electron chi connectivity index (χ4n) is 3.84. The number of aliphatic imine (C=N–C) groups is 1. The number of guanidine groups is 1. The minimum Gasteiger partial charge on any atom is -0.426 e. The maximum atomic E-state index is 12.9. The number of hydrogen-bond acceptors (Lipinski definition) is 7. The third-order valence-electron chi connectivity index (χ3n) is 5.83. The van der Waals surface area contributed by atoms with E-state index in [1.54, 1.807) is 5.43 Å². The second kappa shape index (κ2) is 18.2. The van der Waals surface area contributed by atoms with Gasteiger partial charge in [-0.25, -0.2) is 15.1 Å². The Morgan fingerprint density at radius 1 is 1.15 bits per heavy atom. The predicted molar refractivity (Wildman–Crippen MR) is 133 cm³/mol. The Bertz CT molecular complexity index is 647. The number of carbonyl (C=O) groups excluding carboxylic acids is 2. The van der Waals surface area contributed by atoms with Gasteiger partial charge in [0.05, 0.1) is 5.94 Å². The maximum absolute atomic E-state index is 12.9. The summed E-state index contributed by atoms with van der Waals surface area (Å²) in [4.78, 5) is 39.9. The average molecular weight is 485 g/mol. The summed E-state index contributed by atoms with van der Waals surface area (Å²) < 4.78 is 0. The first-order chi connectivity index (χ1) is 16.0. The molecule has 0 aliphatic carbocycles. The SMILES string of the molecule is CCCCC(CC)CCC(=O)C[C@@H](CCCN=C(N)N[N+](=O)[O-])C(=O)N[C@@H](CC(C)C)B(O)O. The fraction of sp³-hybridized carbons (Fsp3) is 0.864. The lowest BCUT2D eigenvalue weighted by atomic mass is 9.74. The largest absolute Gasteiger partial charge is 0.475 e. The molecule has 0 saturated heterocycles. The predicted octanol–water partition coefficient (Wildman–Crippen LogP) is 1.98. The molecule has 6 N–H and O–H groups in total. The van der Waals surface area contributed by atoms with Gasteiger partial charge in [-0.1, -0.05) is 58.8 Å². The highest BCUT2D eigenvalue weighted by Crippen LogP contribution is 2.21. The Morgan fingerprint density at radius 2 is 1.82 bits per heavy atom. The molecule has 0 spiro atoms. The van der Waals surface area contributed by atoms with Gasteiger partial charge < -0.3 is 21.1 Å². The summed E-state index contributed by atoms with van der Waals surface area (Å²) in [5.74, 6) is -1.61. The molecular weight excluding hydrogens is 441 g/mol. The van der Waals surface area contributed by atoms with Crippen molar-refractivity contribution in [1.29, 1.82) is 0 Å². The van der Waals surface area contributed by atoms with Gasteiger partial charge in [0.25, 0.3) is 5.96 Å². The fourth-order valence-corrected chi connectivity index (χ4v) is 3.84. The number of ketones is 1. The molecule has 0 aliphatic heterocycles. The summed E-state index contributed by atoms with van der Waals surface area (Å²) in [5.41, 5.74) is 7.15. The number of nitrogens with zero attached hydrogens (tertiary/aromatic N) is 2. The van der Waals surface area contributed by atoms with Crippen molar-refractivity contribution in [2.45, 2.75) is 97.8 Å². The molecular formula is C22H44BN5O6. The van der Waals surface area contributed by atoms with Gasteiger partial charge in [-0.3, -0.25) is 9.59 Å². The lowest BCUT2D eigenvalue weighted by molar-refractivity contribution is -0.525. The number of nitrogens with two attached hydrogens (primary N) is 1. The van der Waals surface area contributed by atoms with E-state index >= 15 is 0 Å². The van der Waals surface area contributed by atoms with Crippen LogP contribution < -0.4 is 16.5 Å². The summed E-state index contributed by atoms with van der Waals surface area (Å²) in [7, 11) is -1.70. The summed E-state index contributed by atoms with van der Waals surface area (Å²) in [5, 5.41) is 31.5. The first kappa shape index (κ1) is 31.8. The molecule has 196 valence electrons. The number of nitrogens with one attached hydrogen (secondary N) is 2. The minimum absolute atomic E-state index is 0.00177. The van der Waals surface area contributed by atoms with Gasteiger partial charge >= 0.3 is 7.12 Å². The highest BCUT2D eigenvalue weighted by Gasteiger charge is 2.30. The number of nitro groups is 1. The molecule has 0 radical (unpaired) electrons. The molecule has 0 saturated carbocycles. The van der Waals surface area contributed by atoms with Crippen LogP contribution in [0.3, 0.4) is 0 Å². The number of Topliss-reactive ketones (excluding diaryl/α,β-unsaturated/α-hetero) is 1. The van der Waals surface area contributed by atoms with E-state index in [2.05, 4.69) is 24.2 Å². The van der Waals surface area contributed by atoms with Crippen LogP contribution in [0.15, 0.2) is 4.99 Å². The normalized spacial score (nSPS) is 14.4. The van der Waals surface area contributed by atoms with Crippen LogP contribution in [0.25, 0.3) is 0 Å². The number of hydrogen-bond donors (Lipinski definition) is 5. The Balaban J connectivity index is 5.11. The van der Waals surface area contributed by atoms with Crippen LogP contribution >= 0.6 is 0 Å². The second-order valence-electron chi connectivity index (χ2n) is 9.33. The Kier molecular flexibility index (Phi) is 17.0. The number of carbonyl (C=O) groups is 2. The van der Waals surface area contributed by atoms with Crippen molar-refractivity contribution in [2.75, 3.05) is 6.54 Å². The summed E-state index contributed by atoms with van der Waals surface area (Å²) >= 11 is 0. The first-order valence-corrected chi connectivity index (χ1v) is 12.4. The maximum Gasteiger partial charge on any atom is 0.475 e. The molecule has 34 heavy (non-hydrogen) atoms. The van der Waals surface area contributed by atoms with E-state index < -0.39 is 29.9 Å². The molecule has 0 aromatic heterocycles. The standard InChI is InChI=1S/C22H44BN5O6/c1-5-7-9-17(6-2)11-12-19(29)15-18(10-8-13-25-22(24)27-28(33)34)21(30)26-20(23(31)32)14-16(3)4/h16-18,20,31-32H,5-15H2,1-4H3,(H,26,30)(H3,24,25,27)/t17?,18-,20+/m1/s1. The van der Waals surface area contributed by atoms with E-state index in [0.29, 0.717) is 31.6 Å². The van der Waals surface area contributed by atoms with Crippen LogP contribution in [-0.2, 0) is 9.59 Å². The molecule has 1 unspecified atom stereocenters. The molecule has 0 aromatic rings. The van der Waals surface area contributed by atoms with Crippen LogP contribution in [0.5, 0.6) is 0 Å². The van der Waals surface area contributed by atoms with Crippen LogP contribution in [-0.4, -0.2) is 52.3 Å². The average Bonchev–Trinajstić information content (AvgIpc) is 2.74. The summed E-state index contributed by atoms with van der Waals surface area (Å²) in [6, 6.07) is 0. The first-order valence-electron chi connectivity index (χ1n) is 12.4. The van der Waals surface area contributed by atoms with Crippen molar-refractivity contribution in [2.24, 2.45) is 28.5 Å². The van der Waals surface area contributed by atoms with Crippen LogP contribution in [0.2, 0.25) is 0 Å². The molecule has 11 nitrogen and oxygen atoms in total. The topological polar surface area (TPSA) is 180 Å². The number of rotatable bonds is 19. The van der Waals surface area contributed by atoms with Gasteiger partial charge in [-0.05, 0) is 37.5 Å². The lowest BCUT2D eigenvalue weighted by Gasteiger charge is -2.23. The van der Waals surface area contributed by atoms with Gasteiger partial charge in [-0.15, -0.1) is 0 Å². The number of amides is 1. The monoisotopic (exact) mass is 485 g/mol.